The number of hydrogen-bond acceptors (Lipinski definition) is 3. The third-order valence-electron chi connectivity index (χ3n) is 4.18. The normalized spacial score (nSPS) is 26.6. The largest absolute Gasteiger partial charge is 0.493 e. The van der Waals surface area contributed by atoms with Gasteiger partial charge in [0.05, 0.1) is 13.2 Å². The lowest BCUT2D eigenvalue weighted by Gasteiger charge is -2.29. The number of aliphatic hydroxyl groups is 1. The average molecular weight is 267 g/mol. The highest BCUT2D eigenvalue weighted by molar-refractivity contribution is 5.27. The molecule has 2 unspecified atom stereocenters. The minimum atomic E-state index is -0.456. The summed E-state index contributed by atoms with van der Waals surface area (Å²) in [6.45, 7) is 2.25. The predicted molar refractivity (Wildman–Crippen MR) is 72.6 cm³/mol. The van der Waals surface area contributed by atoms with E-state index in [1.165, 1.54) is 6.07 Å². The summed E-state index contributed by atoms with van der Waals surface area (Å²) in [6.07, 6.45) is 3.75. The van der Waals surface area contributed by atoms with Gasteiger partial charge in [-0.25, -0.2) is 4.39 Å². The van der Waals surface area contributed by atoms with Crippen LogP contribution in [0.4, 0.5) is 4.39 Å². The molecule has 0 radical (unpaired) electrons. The molecule has 2 rings (SSSR count). The fraction of sp³-hybridized carbons (Fsp3) is 0.600. The Kier molecular flexibility index (Phi) is 4.42. The van der Waals surface area contributed by atoms with E-state index in [0.717, 1.165) is 25.7 Å². The number of ether oxygens (including phenoxy) is 1. The molecule has 0 bridgehead atoms. The number of benzene rings is 1. The Hall–Kier alpha value is -1.13. The van der Waals surface area contributed by atoms with Crippen LogP contribution in [0.1, 0.15) is 31.2 Å². The molecule has 3 nitrogen and oxygen atoms in total. The lowest BCUT2D eigenvalue weighted by molar-refractivity contribution is 0.143. The van der Waals surface area contributed by atoms with Crippen LogP contribution in [0.5, 0.6) is 5.75 Å². The van der Waals surface area contributed by atoms with Gasteiger partial charge >= 0.3 is 0 Å². The van der Waals surface area contributed by atoms with Gasteiger partial charge < -0.3 is 15.6 Å². The van der Waals surface area contributed by atoms with Gasteiger partial charge in [-0.05, 0) is 43.7 Å². The molecule has 19 heavy (non-hydrogen) atoms. The maximum absolute atomic E-state index is 13.4. The van der Waals surface area contributed by atoms with Gasteiger partial charge in [0.25, 0.3) is 0 Å². The van der Waals surface area contributed by atoms with Crippen LogP contribution in [0.3, 0.4) is 0 Å². The molecule has 0 aromatic heterocycles. The zero-order valence-electron chi connectivity index (χ0n) is 11.4. The van der Waals surface area contributed by atoms with Gasteiger partial charge in [0, 0.05) is 11.6 Å². The summed E-state index contributed by atoms with van der Waals surface area (Å²) in [4.78, 5) is 0. The van der Waals surface area contributed by atoms with Crippen molar-refractivity contribution < 1.29 is 14.2 Å². The van der Waals surface area contributed by atoms with Crippen molar-refractivity contribution in [2.24, 2.45) is 11.7 Å². The molecule has 0 saturated heterocycles. The Labute approximate surface area is 113 Å². The highest BCUT2D eigenvalue weighted by atomic mass is 19.1. The maximum Gasteiger partial charge on any atom is 0.129 e. The number of aliphatic hydroxyl groups excluding tert-OH is 1. The van der Waals surface area contributed by atoms with Crippen LogP contribution in [0, 0.1) is 18.7 Å². The molecule has 0 aliphatic heterocycles. The smallest absolute Gasteiger partial charge is 0.129 e. The third-order valence-corrected chi connectivity index (χ3v) is 4.18. The Morgan fingerprint density at radius 1 is 1.53 bits per heavy atom. The van der Waals surface area contributed by atoms with E-state index < -0.39 is 5.54 Å². The highest BCUT2D eigenvalue weighted by Crippen LogP contribution is 2.35. The highest BCUT2D eigenvalue weighted by Gasteiger charge is 2.38. The van der Waals surface area contributed by atoms with Gasteiger partial charge in [0.1, 0.15) is 11.6 Å². The quantitative estimate of drug-likeness (QED) is 0.861. The molecular weight excluding hydrogens is 245 g/mol. The number of rotatable bonds is 5. The summed E-state index contributed by atoms with van der Waals surface area (Å²) >= 11 is 0. The zero-order chi connectivity index (χ0) is 13.9. The second kappa shape index (κ2) is 5.88. The lowest BCUT2D eigenvalue weighted by Crippen LogP contribution is -2.47. The van der Waals surface area contributed by atoms with Gasteiger partial charge in [-0.2, -0.15) is 0 Å². The summed E-state index contributed by atoms with van der Waals surface area (Å²) in [7, 11) is 0. The molecule has 0 spiro atoms. The van der Waals surface area contributed by atoms with Crippen molar-refractivity contribution in [3.8, 4) is 5.75 Å². The van der Waals surface area contributed by atoms with Gasteiger partial charge in [-0.3, -0.25) is 0 Å². The summed E-state index contributed by atoms with van der Waals surface area (Å²) in [6, 6.07) is 4.89. The van der Waals surface area contributed by atoms with Crippen LogP contribution >= 0.6 is 0 Å². The van der Waals surface area contributed by atoms with Gasteiger partial charge in [0.2, 0.25) is 0 Å². The zero-order valence-corrected chi connectivity index (χ0v) is 11.4. The SMILES string of the molecule is Cc1ccc(OCCC2CCCC2(N)CO)cc1F. The van der Waals surface area contributed by atoms with E-state index >= 15 is 0 Å². The van der Waals surface area contributed by atoms with Crippen molar-refractivity contribution >= 4 is 0 Å². The second-order valence-corrected chi connectivity index (χ2v) is 5.53. The minimum absolute atomic E-state index is 0.0246. The first-order valence-electron chi connectivity index (χ1n) is 6.84. The molecular formula is C15H22FNO2. The van der Waals surface area contributed by atoms with E-state index in [1.807, 2.05) is 0 Å². The van der Waals surface area contributed by atoms with E-state index in [0.29, 0.717) is 17.9 Å². The van der Waals surface area contributed by atoms with Crippen molar-refractivity contribution in [1.29, 1.82) is 0 Å². The lowest BCUT2D eigenvalue weighted by atomic mass is 9.87. The van der Waals surface area contributed by atoms with Crippen LogP contribution in [0.2, 0.25) is 0 Å². The molecule has 1 aromatic rings. The van der Waals surface area contributed by atoms with Crippen LogP contribution in [-0.4, -0.2) is 23.9 Å². The topological polar surface area (TPSA) is 55.5 Å². The number of hydrogen-bond donors (Lipinski definition) is 2. The van der Waals surface area contributed by atoms with Crippen molar-refractivity contribution in [2.75, 3.05) is 13.2 Å². The number of nitrogens with two attached hydrogens (primary N) is 1. The first-order chi connectivity index (χ1) is 9.05. The molecule has 1 aliphatic rings. The number of halogens is 1. The first-order valence-corrected chi connectivity index (χ1v) is 6.84. The molecule has 1 fully saturated rings. The standard InChI is InChI=1S/C15H22FNO2/c1-11-4-5-13(9-14(11)16)19-8-6-12-3-2-7-15(12,17)10-18/h4-5,9,12,18H,2-3,6-8,10,17H2,1H3. The molecule has 4 heteroatoms. The van der Waals surface area contributed by atoms with Crippen molar-refractivity contribution in [1.82, 2.24) is 0 Å². The Morgan fingerprint density at radius 3 is 3.00 bits per heavy atom. The summed E-state index contributed by atoms with van der Waals surface area (Å²) in [5.41, 5.74) is 6.32. The second-order valence-electron chi connectivity index (χ2n) is 5.53. The molecule has 1 aromatic carbocycles. The van der Waals surface area contributed by atoms with E-state index in [1.54, 1.807) is 19.1 Å². The molecule has 0 heterocycles. The third kappa shape index (κ3) is 3.25. The Bertz CT molecular complexity index is 438. The molecule has 0 amide bonds. The molecule has 3 N–H and O–H groups in total. The van der Waals surface area contributed by atoms with Crippen LogP contribution < -0.4 is 10.5 Å². The van der Waals surface area contributed by atoms with E-state index in [9.17, 15) is 9.50 Å². The summed E-state index contributed by atoms with van der Waals surface area (Å²) in [5.74, 6) is 0.586. The fourth-order valence-electron chi connectivity index (χ4n) is 2.79. The summed E-state index contributed by atoms with van der Waals surface area (Å²) < 4.78 is 18.9. The van der Waals surface area contributed by atoms with Crippen LogP contribution in [0.25, 0.3) is 0 Å². The van der Waals surface area contributed by atoms with Crippen molar-refractivity contribution in [3.63, 3.8) is 0 Å². The minimum Gasteiger partial charge on any atom is -0.493 e. The Balaban J connectivity index is 1.85. The predicted octanol–water partition coefficient (Wildman–Crippen LogP) is 2.39. The van der Waals surface area contributed by atoms with Gasteiger partial charge in [-0.15, -0.1) is 0 Å². The molecule has 1 aliphatic carbocycles. The average Bonchev–Trinajstić information content (AvgIpc) is 2.76. The Morgan fingerprint density at radius 2 is 2.32 bits per heavy atom. The summed E-state index contributed by atoms with van der Waals surface area (Å²) in [5, 5.41) is 9.36. The molecule has 1 saturated carbocycles. The monoisotopic (exact) mass is 267 g/mol. The first kappa shape index (κ1) is 14.3. The van der Waals surface area contributed by atoms with Gasteiger partial charge in [-0.1, -0.05) is 12.5 Å². The van der Waals surface area contributed by atoms with E-state index in [-0.39, 0.29) is 18.3 Å². The maximum atomic E-state index is 13.4. The van der Waals surface area contributed by atoms with Crippen molar-refractivity contribution in [3.05, 3.63) is 29.6 Å². The number of aryl methyl sites for hydroxylation is 1. The van der Waals surface area contributed by atoms with Gasteiger partial charge in [0.15, 0.2) is 0 Å². The van der Waals surface area contributed by atoms with E-state index in [4.69, 9.17) is 10.5 Å². The molecule has 106 valence electrons. The van der Waals surface area contributed by atoms with E-state index in [2.05, 4.69) is 0 Å². The molecule has 2 atom stereocenters. The van der Waals surface area contributed by atoms with Crippen molar-refractivity contribution in [2.45, 2.75) is 38.1 Å². The fourth-order valence-corrected chi connectivity index (χ4v) is 2.79. The van der Waals surface area contributed by atoms with Crippen LogP contribution in [0.15, 0.2) is 18.2 Å². The van der Waals surface area contributed by atoms with Crippen LogP contribution in [-0.2, 0) is 0 Å².